The van der Waals surface area contributed by atoms with E-state index in [9.17, 15) is 0 Å². The highest BCUT2D eigenvalue weighted by Gasteiger charge is 2.22. The zero-order chi connectivity index (χ0) is 8.85. The Morgan fingerprint density at radius 2 is 1.73 bits per heavy atom. The zero-order valence-electron chi connectivity index (χ0n) is 7.76. The Kier molecular flexibility index (Phi) is 5.76. The van der Waals surface area contributed by atoms with Crippen LogP contribution in [-0.2, 0) is 8.85 Å². The van der Waals surface area contributed by atoms with Crippen LogP contribution in [0.25, 0.3) is 0 Å². The summed E-state index contributed by atoms with van der Waals surface area (Å²) in [5.74, 6) is 0.607. The Morgan fingerprint density at radius 1 is 1.27 bits per heavy atom. The van der Waals surface area contributed by atoms with E-state index in [4.69, 9.17) is 14.6 Å². The van der Waals surface area contributed by atoms with Gasteiger partial charge in [-0.25, -0.2) is 0 Å². The lowest BCUT2D eigenvalue weighted by molar-refractivity contribution is 0.261. The number of nitrogens with two attached hydrogens (primary N) is 1. The molecule has 3 nitrogen and oxygen atoms in total. The van der Waals surface area contributed by atoms with Crippen molar-refractivity contribution in [2.24, 2.45) is 11.7 Å². The summed E-state index contributed by atoms with van der Waals surface area (Å²) in [4.78, 5) is 0. The van der Waals surface area contributed by atoms with Gasteiger partial charge in [0.1, 0.15) is 0 Å². The smallest absolute Gasteiger partial charge is 0.396 e. The fraction of sp³-hybridized carbons (Fsp3) is 1.00. The highest BCUT2D eigenvalue weighted by molar-refractivity contribution is 6.46. The highest BCUT2D eigenvalue weighted by atomic mass is 28.3. The van der Waals surface area contributed by atoms with Gasteiger partial charge in [0, 0.05) is 19.9 Å². The van der Waals surface area contributed by atoms with Crippen molar-refractivity contribution in [3.63, 3.8) is 0 Å². The average Bonchev–Trinajstić information content (AvgIpc) is 1.88. The molecule has 0 heterocycles. The van der Waals surface area contributed by atoms with Crippen molar-refractivity contribution in [3.8, 4) is 0 Å². The van der Waals surface area contributed by atoms with Gasteiger partial charge in [-0.1, -0.05) is 13.8 Å². The van der Waals surface area contributed by atoms with E-state index in [2.05, 4.69) is 13.8 Å². The first-order valence-corrected chi connectivity index (χ1v) is 5.21. The molecule has 0 aliphatic carbocycles. The Balaban J connectivity index is 3.68. The highest BCUT2D eigenvalue weighted by Crippen LogP contribution is 2.05. The van der Waals surface area contributed by atoms with Crippen LogP contribution in [0.1, 0.15) is 20.3 Å². The van der Waals surface area contributed by atoms with Crippen molar-refractivity contribution in [1.82, 2.24) is 0 Å². The van der Waals surface area contributed by atoms with Crippen LogP contribution in [0.5, 0.6) is 0 Å². The first-order chi connectivity index (χ1) is 5.11. The molecule has 0 saturated heterocycles. The second kappa shape index (κ2) is 5.71. The average molecular weight is 176 g/mol. The first-order valence-electron chi connectivity index (χ1n) is 3.82. The van der Waals surface area contributed by atoms with E-state index in [1.165, 1.54) is 0 Å². The quantitative estimate of drug-likeness (QED) is 0.627. The SMILES string of the molecule is CO[Si](OC)C(N)CC(C)C. The zero-order valence-corrected chi connectivity index (χ0v) is 8.76. The molecule has 0 aromatic rings. The van der Waals surface area contributed by atoms with Crippen LogP contribution in [-0.4, -0.2) is 29.2 Å². The Hall–Kier alpha value is 0.0969. The number of rotatable bonds is 5. The Morgan fingerprint density at radius 3 is 2.00 bits per heavy atom. The van der Waals surface area contributed by atoms with Crippen molar-refractivity contribution in [2.45, 2.75) is 25.9 Å². The third-order valence-electron chi connectivity index (χ3n) is 1.43. The lowest BCUT2D eigenvalue weighted by Crippen LogP contribution is -2.43. The van der Waals surface area contributed by atoms with Crippen LogP contribution in [0.15, 0.2) is 0 Å². The number of hydrogen-bond acceptors (Lipinski definition) is 3. The fourth-order valence-electron chi connectivity index (χ4n) is 0.990. The van der Waals surface area contributed by atoms with Gasteiger partial charge in [-0.2, -0.15) is 0 Å². The first kappa shape index (κ1) is 11.1. The molecule has 2 N–H and O–H groups in total. The van der Waals surface area contributed by atoms with E-state index in [-0.39, 0.29) is 5.67 Å². The van der Waals surface area contributed by atoms with Crippen molar-refractivity contribution >= 4 is 9.28 Å². The number of hydrogen-bond donors (Lipinski definition) is 1. The molecule has 1 radical (unpaired) electrons. The van der Waals surface area contributed by atoms with Crippen LogP contribution in [0.2, 0.25) is 0 Å². The fourth-order valence-corrected chi connectivity index (χ4v) is 2.43. The van der Waals surface area contributed by atoms with Gasteiger partial charge in [0.15, 0.2) is 0 Å². The van der Waals surface area contributed by atoms with Crippen LogP contribution in [0.3, 0.4) is 0 Å². The van der Waals surface area contributed by atoms with Gasteiger partial charge < -0.3 is 14.6 Å². The van der Waals surface area contributed by atoms with Crippen LogP contribution < -0.4 is 5.73 Å². The summed E-state index contributed by atoms with van der Waals surface area (Å²) in [6.07, 6.45) is 0.968. The summed E-state index contributed by atoms with van der Waals surface area (Å²) in [6.45, 7) is 4.29. The van der Waals surface area contributed by atoms with Crippen molar-refractivity contribution in [3.05, 3.63) is 0 Å². The van der Waals surface area contributed by atoms with Gasteiger partial charge in [-0.05, 0) is 12.3 Å². The molecule has 0 saturated carbocycles. The van der Waals surface area contributed by atoms with Crippen molar-refractivity contribution < 1.29 is 8.85 Å². The molecular weight excluding hydrogens is 158 g/mol. The van der Waals surface area contributed by atoms with E-state index < -0.39 is 9.28 Å². The van der Waals surface area contributed by atoms with Crippen LogP contribution in [0.4, 0.5) is 0 Å². The summed E-state index contributed by atoms with van der Waals surface area (Å²) < 4.78 is 10.2. The Bertz CT molecular complexity index is 96.4. The van der Waals surface area contributed by atoms with E-state index in [0.29, 0.717) is 5.92 Å². The molecule has 0 aromatic carbocycles. The minimum atomic E-state index is -1.22. The van der Waals surface area contributed by atoms with E-state index in [0.717, 1.165) is 6.42 Å². The minimum Gasteiger partial charge on any atom is -0.396 e. The maximum Gasteiger partial charge on any atom is 0.402 e. The van der Waals surface area contributed by atoms with Crippen LogP contribution in [0, 0.1) is 5.92 Å². The van der Waals surface area contributed by atoms with Crippen molar-refractivity contribution in [1.29, 1.82) is 0 Å². The standard InChI is InChI=1S/C7H18NO2Si/c1-6(2)5-7(8)11(9-3)10-4/h6-7H,5,8H2,1-4H3. The van der Waals surface area contributed by atoms with Gasteiger partial charge in [-0.3, -0.25) is 0 Å². The van der Waals surface area contributed by atoms with E-state index in [1.807, 2.05) is 0 Å². The molecule has 4 heteroatoms. The van der Waals surface area contributed by atoms with Gasteiger partial charge >= 0.3 is 9.28 Å². The monoisotopic (exact) mass is 176 g/mol. The molecule has 1 unspecified atom stereocenters. The molecule has 0 aliphatic heterocycles. The molecule has 0 aliphatic rings. The molecule has 0 spiro atoms. The third kappa shape index (κ3) is 4.52. The third-order valence-corrected chi connectivity index (χ3v) is 3.08. The molecule has 0 aromatic heterocycles. The van der Waals surface area contributed by atoms with E-state index in [1.54, 1.807) is 14.2 Å². The van der Waals surface area contributed by atoms with Gasteiger partial charge in [0.2, 0.25) is 0 Å². The Labute approximate surface area is 70.7 Å². The van der Waals surface area contributed by atoms with Gasteiger partial charge in [0.05, 0.1) is 0 Å². The minimum absolute atomic E-state index is 0.0787. The predicted molar refractivity (Wildman–Crippen MR) is 47.2 cm³/mol. The molecule has 11 heavy (non-hydrogen) atoms. The molecule has 1 atom stereocenters. The second-order valence-electron chi connectivity index (χ2n) is 2.96. The summed E-state index contributed by atoms with van der Waals surface area (Å²) in [6, 6.07) is 0. The molecule has 0 rings (SSSR count). The molecule has 67 valence electrons. The van der Waals surface area contributed by atoms with Crippen LogP contribution >= 0.6 is 0 Å². The lowest BCUT2D eigenvalue weighted by atomic mass is 10.1. The maximum atomic E-state index is 5.84. The van der Waals surface area contributed by atoms with E-state index >= 15 is 0 Å². The summed E-state index contributed by atoms with van der Waals surface area (Å²) in [5, 5.41) is 0. The maximum absolute atomic E-state index is 5.84. The van der Waals surface area contributed by atoms with Gasteiger partial charge in [-0.15, -0.1) is 0 Å². The molecular formula is C7H18NO2Si. The predicted octanol–water partition coefficient (Wildman–Crippen LogP) is 0.680. The van der Waals surface area contributed by atoms with Crippen molar-refractivity contribution in [2.75, 3.05) is 14.2 Å². The molecule has 0 amide bonds. The molecule has 0 fully saturated rings. The lowest BCUT2D eigenvalue weighted by Gasteiger charge is -2.18. The second-order valence-corrected chi connectivity index (χ2v) is 5.16. The molecule has 0 bridgehead atoms. The van der Waals surface area contributed by atoms with Gasteiger partial charge in [0.25, 0.3) is 0 Å². The summed E-state index contributed by atoms with van der Waals surface area (Å²) in [7, 11) is 2.08. The summed E-state index contributed by atoms with van der Waals surface area (Å²) >= 11 is 0. The normalized spacial score (nSPS) is 14.5. The topological polar surface area (TPSA) is 44.5 Å². The summed E-state index contributed by atoms with van der Waals surface area (Å²) in [5.41, 5.74) is 5.91. The largest absolute Gasteiger partial charge is 0.402 e.